The highest BCUT2D eigenvalue weighted by molar-refractivity contribution is 7.99. The number of thioether (sulfide) groups is 1. The Bertz CT molecular complexity index is 471. The van der Waals surface area contributed by atoms with Crippen molar-refractivity contribution in [2.75, 3.05) is 12.9 Å². The fourth-order valence-corrected chi connectivity index (χ4v) is 3.10. The Kier molecular flexibility index (Phi) is 3.21. The van der Waals surface area contributed by atoms with E-state index >= 15 is 0 Å². The van der Waals surface area contributed by atoms with Crippen molar-refractivity contribution in [1.82, 2.24) is 0 Å². The van der Waals surface area contributed by atoms with Crippen LogP contribution in [0.3, 0.4) is 0 Å². The summed E-state index contributed by atoms with van der Waals surface area (Å²) in [6.45, 7) is 0. The van der Waals surface area contributed by atoms with Crippen LogP contribution in [0.4, 0.5) is 0 Å². The van der Waals surface area contributed by atoms with Crippen molar-refractivity contribution in [2.24, 2.45) is 0 Å². The van der Waals surface area contributed by atoms with Crippen molar-refractivity contribution in [2.45, 2.75) is 11.3 Å². The number of hydrogen-bond donors (Lipinski definition) is 0. The Morgan fingerprint density at radius 3 is 2.94 bits per heavy atom. The zero-order valence-electron chi connectivity index (χ0n) is 8.58. The molecule has 0 saturated heterocycles. The molecule has 0 radical (unpaired) electrons. The van der Waals surface area contributed by atoms with Gasteiger partial charge < -0.3 is 4.74 Å². The number of Topliss-reactive ketones (excluding diaryl/α,β-unsaturated/α-hetero) is 1. The average Bonchev–Trinajstić information content (AvgIpc) is 2.28. The number of fused-ring (bicyclic) bond motifs is 1. The van der Waals surface area contributed by atoms with Crippen molar-refractivity contribution in [3.05, 3.63) is 28.3 Å². The number of ether oxygens (including phenoxy) is 1. The number of rotatable bonds is 1. The van der Waals surface area contributed by atoms with Crippen molar-refractivity contribution < 1.29 is 14.3 Å². The first kappa shape index (κ1) is 11.5. The van der Waals surface area contributed by atoms with Gasteiger partial charge in [0, 0.05) is 17.1 Å². The highest BCUT2D eigenvalue weighted by Crippen LogP contribution is 2.37. The topological polar surface area (TPSA) is 43.4 Å². The molecule has 84 valence electrons. The van der Waals surface area contributed by atoms with Crippen LogP contribution in [0.1, 0.15) is 27.1 Å². The molecule has 2 rings (SSSR count). The number of carbonyl (C=O) groups excluding carboxylic acids is 2. The minimum Gasteiger partial charge on any atom is -0.465 e. The smallest absolute Gasteiger partial charge is 0.339 e. The Hall–Kier alpha value is -1.00. The molecule has 1 aromatic carbocycles. The van der Waals surface area contributed by atoms with E-state index in [4.69, 9.17) is 11.6 Å². The lowest BCUT2D eigenvalue weighted by Crippen LogP contribution is -2.14. The van der Waals surface area contributed by atoms with Crippen molar-refractivity contribution in [3.8, 4) is 0 Å². The van der Waals surface area contributed by atoms with Crippen LogP contribution >= 0.6 is 23.4 Å². The van der Waals surface area contributed by atoms with Gasteiger partial charge in [0.15, 0.2) is 5.78 Å². The molecule has 0 fully saturated rings. The minimum absolute atomic E-state index is 0.00972. The van der Waals surface area contributed by atoms with Crippen LogP contribution in [0.15, 0.2) is 17.0 Å². The first-order valence-electron chi connectivity index (χ1n) is 4.72. The van der Waals surface area contributed by atoms with Crippen molar-refractivity contribution in [3.63, 3.8) is 0 Å². The zero-order valence-corrected chi connectivity index (χ0v) is 10.2. The standard InChI is InChI=1S/C11H9ClO3S/c1-15-11(14)6-2-3-7(12)9-8(13)4-5-16-10(6)9/h2-3H,4-5H2,1H3. The fraction of sp³-hybridized carbons (Fsp3) is 0.273. The molecule has 0 aromatic heterocycles. The third-order valence-corrected chi connectivity index (χ3v) is 3.80. The maximum atomic E-state index is 11.7. The molecular formula is C11H9ClO3S. The molecule has 1 heterocycles. The second-order valence-corrected chi connectivity index (χ2v) is 4.82. The van der Waals surface area contributed by atoms with Gasteiger partial charge in [0.05, 0.1) is 23.3 Å². The Balaban J connectivity index is 2.62. The molecule has 3 nitrogen and oxygen atoms in total. The lowest BCUT2D eigenvalue weighted by atomic mass is 10.0. The normalized spacial score (nSPS) is 14.5. The number of ketones is 1. The first-order chi connectivity index (χ1) is 7.65. The number of methoxy groups -OCH3 is 1. The number of benzene rings is 1. The molecule has 0 unspecified atom stereocenters. The number of halogens is 1. The third-order valence-electron chi connectivity index (χ3n) is 2.37. The van der Waals surface area contributed by atoms with Crippen LogP contribution < -0.4 is 0 Å². The summed E-state index contributed by atoms with van der Waals surface area (Å²) in [6.07, 6.45) is 0.460. The first-order valence-corrected chi connectivity index (χ1v) is 6.08. The van der Waals surface area contributed by atoms with Gasteiger partial charge >= 0.3 is 5.97 Å². The maximum absolute atomic E-state index is 11.7. The van der Waals surface area contributed by atoms with Gasteiger partial charge in [0.1, 0.15) is 0 Å². The summed E-state index contributed by atoms with van der Waals surface area (Å²) < 4.78 is 4.67. The van der Waals surface area contributed by atoms with Gasteiger partial charge in [-0.2, -0.15) is 0 Å². The van der Waals surface area contributed by atoms with E-state index in [9.17, 15) is 9.59 Å². The molecule has 0 atom stereocenters. The lowest BCUT2D eigenvalue weighted by Gasteiger charge is -2.17. The van der Waals surface area contributed by atoms with E-state index in [1.54, 1.807) is 12.1 Å². The van der Waals surface area contributed by atoms with Crippen LogP contribution in [0.25, 0.3) is 0 Å². The monoisotopic (exact) mass is 256 g/mol. The summed E-state index contributed by atoms with van der Waals surface area (Å²) in [5.41, 5.74) is 0.876. The number of hydrogen-bond acceptors (Lipinski definition) is 4. The van der Waals surface area contributed by atoms with Gasteiger partial charge in [0.2, 0.25) is 0 Å². The molecule has 5 heteroatoms. The Morgan fingerprint density at radius 1 is 1.50 bits per heavy atom. The van der Waals surface area contributed by atoms with E-state index < -0.39 is 5.97 Å². The van der Waals surface area contributed by atoms with E-state index in [0.29, 0.717) is 33.2 Å². The van der Waals surface area contributed by atoms with Crippen LogP contribution in [0.2, 0.25) is 5.02 Å². The van der Waals surface area contributed by atoms with Crippen LogP contribution in [-0.2, 0) is 4.74 Å². The van der Waals surface area contributed by atoms with E-state index in [0.717, 1.165) is 0 Å². The molecule has 1 aromatic rings. The van der Waals surface area contributed by atoms with E-state index in [2.05, 4.69) is 4.74 Å². The molecule has 1 aliphatic rings. The summed E-state index contributed by atoms with van der Waals surface area (Å²) in [5, 5.41) is 0.403. The molecule has 0 N–H and O–H groups in total. The fourth-order valence-electron chi connectivity index (χ4n) is 1.61. The molecule has 0 spiro atoms. The van der Waals surface area contributed by atoms with Gasteiger partial charge in [-0.05, 0) is 12.1 Å². The van der Waals surface area contributed by atoms with Gasteiger partial charge in [-0.15, -0.1) is 11.8 Å². The quantitative estimate of drug-likeness (QED) is 0.725. The second kappa shape index (κ2) is 4.47. The predicted octanol–water partition coefficient (Wildman–Crippen LogP) is 2.81. The predicted molar refractivity (Wildman–Crippen MR) is 62.5 cm³/mol. The van der Waals surface area contributed by atoms with Gasteiger partial charge in [0.25, 0.3) is 0 Å². The molecule has 0 saturated carbocycles. The van der Waals surface area contributed by atoms with Crippen molar-refractivity contribution >= 4 is 35.1 Å². The molecule has 1 aliphatic heterocycles. The van der Waals surface area contributed by atoms with Gasteiger partial charge in [-0.25, -0.2) is 4.79 Å². The SMILES string of the molecule is COC(=O)c1ccc(Cl)c2c1SCCC2=O. The van der Waals surface area contributed by atoms with Crippen LogP contribution in [-0.4, -0.2) is 24.6 Å². The van der Waals surface area contributed by atoms with E-state index in [1.165, 1.54) is 18.9 Å². The zero-order chi connectivity index (χ0) is 11.7. The summed E-state index contributed by atoms with van der Waals surface area (Å²) in [7, 11) is 1.32. The largest absolute Gasteiger partial charge is 0.465 e. The number of esters is 1. The highest BCUT2D eigenvalue weighted by Gasteiger charge is 2.26. The van der Waals surface area contributed by atoms with Gasteiger partial charge in [-0.3, -0.25) is 4.79 Å². The summed E-state index contributed by atoms with van der Waals surface area (Å²) >= 11 is 7.44. The van der Waals surface area contributed by atoms with Gasteiger partial charge in [-0.1, -0.05) is 11.6 Å². The molecule has 16 heavy (non-hydrogen) atoms. The Labute approximate surface area is 102 Å². The maximum Gasteiger partial charge on any atom is 0.339 e. The number of carbonyl (C=O) groups is 2. The summed E-state index contributed by atoms with van der Waals surface area (Å²) in [6, 6.07) is 3.16. The third kappa shape index (κ3) is 1.83. The molecule has 0 aliphatic carbocycles. The Morgan fingerprint density at radius 2 is 2.25 bits per heavy atom. The van der Waals surface area contributed by atoms with E-state index in [-0.39, 0.29) is 5.78 Å². The van der Waals surface area contributed by atoms with Crippen LogP contribution in [0, 0.1) is 0 Å². The average molecular weight is 257 g/mol. The molecular weight excluding hydrogens is 248 g/mol. The van der Waals surface area contributed by atoms with Crippen LogP contribution in [0.5, 0.6) is 0 Å². The summed E-state index contributed by atoms with van der Waals surface area (Å²) in [5.74, 6) is 0.232. The molecule has 0 amide bonds. The lowest BCUT2D eigenvalue weighted by molar-refractivity contribution is 0.0596. The van der Waals surface area contributed by atoms with Crippen molar-refractivity contribution in [1.29, 1.82) is 0 Å². The highest BCUT2D eigenvalue weighted by atomic mass is 35.5. The summed E-state index contributed by atoms with van der Waals surface area (Å²) in [4.78, 5) is 23.9. The minimum atomic E-state index is -0.435. The second-order valence-electron chi connectivity index (χ2n) is 3.31. The van der Waals surface area contributed by atoms with E-state index in [1.807, 2.05) is 0 Å². The molecule has 0 bridgehead atoms.